The first-order valence-corrected chi connectivity index (χ1v) is 20.1. The summed E-state index contributed by atoms with van der Waals surface area (Å²) in [5.74, 6) is 0. The lowest BCUT2D eigenvalue weighted by Gasteiger charge is -2.12. The first-order chi connectivity index (χ1) is 28.8. The molecule has 1 aliphatic carbocycles. The SMILES string of the molecule is c1ccc(-n2c3ccc(-c4ccc5c(c4)c4ccccc4n5-c4cccc(-c5cc6c7c(cccc7c5)-c5ccccc5-6)c4)cc3c3c4ccccc4ccc32)cc1. The van der Waals surface area contributed by atoms with Crippen LogP contribution in [-0.2, 0) is 0 Å². The summed E-state index contributed by atoms with van der Waals surface area (Å²) in [6, 6.07) is 76.3. The Morgan fingerprint density at radius 2 is 0.828 bits per heavy atom. The molecule has 0 amide bonds. The second-order valence-electron chi connectivity index (χ2n) is 15.7. The largest absolute Gasteiger partial charge is 0.309 e. The maximum atomic E-state index is 2.44. The molecular weight excluding hydrogens is 701 g/mol. The molecule has 0 radical (unpaired) electrons. The van der Waals surface area contributed by atoms with Crippen LogP contribution in [0.1, 0.15) is 0 Å². The fraction of sp³-hybridized carbons (Fsp3) is 0. The van der Waals surface area contributed by atoms with Gasteiger partial charge in [-0.05, 0) is 139 Å². The van der Waals surface area contributed by atoms with E-state index in [1.807, 2.05) is 0 Å². The van der Waals surface area contributed by atoms with E-state index in [2.05, 4.69) is 215 Å². The van der Waals surface area contributed by atoms with Gasteiger partial charge in [0.1, 0.15) is 0 Å². The standard InChI is InChI=1S/C56H34N2/c1-2-15-41(16-3-1)57-53-28-26-38(33-50(53)56-43-18-5-4-12-35(43)24-29-54(56)57)37-25-27-52-48(32-37)46-21-8-9-23-51(46)58(52)42-17-10-13-36(31-42)40-30-39-14-11-22-47-44-19-6-7-20-45(44)49(34-40)55(39)47/h1-34H. The first kappa shape index (κ1) is 31.5. The number of fused-ring (bicyclic) bond motifs is 11. The Morgan fingerprint density at radius 3 is 1.69 bits per heavy atom. The molecule has 12 aromatic rings. The molecule has 0 spiro atoms. The molecular formula is C56H34N2. The molecule has 0 saturated carbocycles. The smallest absolute Gasteiger partial charge is 0.0547 e. The summed E-state index contributed by atoms with van der Waals surface area (Å²) >= 11 is 0. The van der Waals surface area contributed by atoms with Gasteiger partial charge < -0.3 is 9.13 Å². The molecule has 2 nitrogen and oxygen atoms in total. The number of benzene rings is 10. The van der Waals surface area contributed by atoms with E-state index in [1.54, 1.807) is 0 Å². The zero-order chi connectivity index (χ0) is 37.9. The van der Waals surface area contributed by atoms with Crippen molar-refractivity contribution in [1.29, 1.82) is 0 Å². The van der Waals surface area contributed by atoms with Gasteiger partial charge >= 0.3 is 0 Å². The monoisotopic (exact) mass is 734 g/mol. The predicted molar refractivity (Wildman–Crippen MR) is 245 cm³/mol. The number of hydrogen-bond donors (Lipinski definition) is 0. The Labute approximate surface area is 335 Å². The van der Waals surface area contributed by atoms with Crippen LogP contribution in [-0.4, -0.2) is 9.13 Å². The molecule has 0 aliphatic heterocycles. The van der Waals surface area contributed by atoms with Crippen molar-refractivity contribution in [3.63, 3.8) is 0 Å². The van der Waals surface area contributed by atoms with E-state index < -0.39 is 0 Å². The normalized spacial score (nSPS) is 12.1. The summed E-state index contributed by atoms with van der Waals surface area (Å²) in [5, 5.41) is 10.2. The second kappa shape index (κ2) is 11.9. The van der Waals surface area contributed by atoms with E-state index in [4.69, 9.17) is 0 Å². The van der Waals surface area contributed by atoms with Crippen molar-refractivity contribution in [1.82, 2.24) is 9.13 Å². The third-order valence-corrected chi connectivity index (χ3v) is 12.6. The van der Waals surface area contributed by atoms with Crippen molar-refractivity contribution in [3.05, 3.63) is 206 Å². The zero-order valence-corrected chi connectivity index (χ0v) is 31.5. The van der Waals surface area contributed by atoms with Gasteiger partial charge in [0.25, 0.3) is 0 Å². The van der Waals surface area contributed by atoms with Gasteiger partial charge in [-0.1, -0.05) is 133 Å². The highest BCUT2D eigenvalue weighted by Crippen LogP contribution is 2.49. The van der Waals surface area contributed by atoms with Crippen LogP contribution in [0.4, 0.5) is 0 Å². The number of para-hydroxylation sites is 2. The number of aromatic nitrogens is 2. The zero-order valence-electron chi connectivity index (χ0n) is 31.5. The molecule has 58 heavy (non-hydrogen) atoms. The van der Waals surface area contributed by atoms with Crippen molar-refractivity contribution in [2.24, 2.45) is 0 Å². The lowest BCUT2D eigenvalue weighted by molar-refractivity contribution is 1.18. The Morgan fingerprint density at radius 1 is 0.241 bits per heavy atom. The van der Waals surface area contributed by atoms with Crippen LogP contribution in [0.2, 0.25) is 0 Å². The summed E-state index contributed by atoms with van der Waals surface area (Å²) < 4.78 is 4.85. The van der Waals surface area contributed by atoms with Gasteiger partial charge in [-0.2, -0.15) is 0 Å². The Balaban J connectivity index is 0.976. The van der Waals surface area contributed by atoms with E-state index in [0.29, 0.717) is 0 Å². The van der Waals surface area contributed by atoms with Crippen molar-refractivity contribution < 1.29 is 0 Å². The van der Waals surface area contributed by atoms with Gasteiger partial charge in [0, 0.05) is 32.9 Å². The highest BCUT2D eigenvalue weighted by atomic mass is 15.0. The summed E-state index contributed by atoms with van der Waals surface area (Å²) in [5.41, 5.74) is 17.3. The van der Waals surface area contributed by atoms with Gasteiger partial charge in [-0.25, -0.2) is 0 Å². The predicted octanol–water partition coefficient (Wildman–Crippen LogP) is 15.2. The molecule has 0 N–H and O–H groups in total. The average Bonchev–Trinajstić information content (AvgIpc) is 3.93. The van der Waals surface area contributed by atoms with Gasteiger partial charge in [-0.15, -0.1) is 0 Å². The van der Waals surface area contributed by atoms with E-state index in [9.17, 15) is 0 Å². The van der Waals surface area contributed by atoms with E-state index in [0.717, 1.165) is 5.69 Å². The van der Waals surface area contributed by atoms with Gasteiger partial charge in [0.15, 0.2) is 0 Å². The fourth-order valence-corrected chi connectivity index (χ4v) is 10.1. The summed E-state index contributed by atoms with van der Waals surface area (Å²) in [4.78, 5) is 0. The van der Waals surface area contributed by atoms with E-state index >= 15 is 0 Å². The minimum absolute atomic E-state index is 1.16. The maximum absolute atomic E-state index is 2.44. The maximum Gasteiger partial charge on any atom is 0.0547 e. The molecule has 10 aromatic carbocycles. The lowest BCUT2D eigenvalue weighted by Crippen LogP contribution is -1.94. The number of nitrogens with zero attached hydrogens (tertiary/aromatic N) is 2. The van der Waals surface area contributed by atoms with Crippen molar-refractivity contribution >= 4 is 65.2 Å². The van der Waals surface area contributed by atoms with Gasteiger partial charge in [0.2, 0.25) is 0 Å². The molecule has 0 fully saturated rings. The molecule has 2 heterocycles. The molecule has 2 aromatic heterocycles. The Bertz CT molecular complexity index is 3670. The van der Waals surface area contributed by atoms with Crippen LogP contribution >= 0.6 is 0 Å². The molecule has 1 aliphatic rings. The van der Waals surface area contributed by atoms with Crippen LogP contribution in [0.5, 0.6) is 0 Å². The highest BCUT2D eigenvalue weighted by molar-refractivity contribution is 6.22. The topological polar surface area (TPSA) is 9.86 Å². The Kier molecular flexibility index (Phi) is 6.47. The van der Waals surface area contributed by atoms with Crippen LogP contribution in [0.3, 0.4) is 0 Å². The average molecular weight is 735 g/mol. The molecule has 0 unspecified atom stereocenters. The van der Waals surface area contributed by atoms with Crippen molar-refractivity contribution in [2.75, 3.05) is 0 Å². The van der Waals surface area contributed by atoms with Crippen molar-refractivity contribution in [2.45, 2.75) is 0 Å². The second-order valence-corrected chi connectivity index (χ2v) is 15.7. The van der Waals surface area contributed by atoms with Crippen LogP contribution in [0, 0.1) is 0 Å². The quantitative estimate of drug-likeness (QED) is 0.170. The highest BCUT2D eigenvalue weighted by Gasteiger charge is 2.22. The molecule has 0 saturated heterocycles. The molecule has 268 valence electrons. The lowest BCUT2D eigenvalue weighted by atomic mass is 9.96. The Hall–Kier alpha value is -7.68. The van der Waals surface area contributed by atoms with Gasteiger partial charge in [0.05, 0.1) is 22.1 Å². The third-order valence-electron chi connectivity index (χ3n) is 12.6. The van der Waals surface area contributed by atoms with Gasteiger partial charge in [-0.3, -0.25) is 0 Å². The van der Waals surface area contributed by atoms with Crippen molar-refractivity contribution in [3.8, 4) is 55.9 Å². The van der Waals surface area contributed by atoms with Crippen LogP contribution in [0.25, 0.3) is 121 Å². The fourth-order valence-electron chi connectivity index (χ4n) is 10.1. The van der Waals surface area contributed by atoms with Crippen LogP contribution < -0.4 is 0 Å². The molecule has 0 atom stereocenters. The van der Waals surface area contributed by atoms with Crippen LogP contribution in [0.15, 0.2) is 206 Å². The number of rotatable bonds is 4. The summed E-state index contributed by atoms with van der Waals surface area (Å²) in [6.07, 6.45) is 0. The summed E-state index contributed by atoms with van der Waals surface area (Å²) in [7, 11) is 0. The molecule has 2 heteroatoms. The van der Waals surface area contributed by atoms with E-state index in [-0.39, 0.29) is 0 Å². The molecule has 13 rings (SSSR count). The summed E-state index contributed by atoms with van der Waals surface area (Å²) in [6.45, 7) is 0. The number of hydrogen-bond acceptors (Lipinski definition) is 0. The molecule has 0 bridgehead atoms. The minimum atomic E-state index is 1.16. The third kappa shape index (κ3) is 4.43. The minimum Gasteiger partial charge on any atom is -0.309 e. The van der Waals surface area contributed by atoms with E-state index in [1.165, 1.54) is 115 Å². The first-order valence-electron chi connectivity index (χ1n) is 20.1.